The standard InChI is InChI=1S/C19H15N5O2S/c25-16(21-19-23-22-17(27-19)13-6-2-1-3-7-13)10-11-24-12-20-15-9-5-4-8-14(15)18(24)26/h1-9,12H,10-11H2,(H,21,23,25). The summed E-state index contributed by atoms with van der Waals surface area (Å²) in [6, 6.07) is 16.8. The number of hydrogen-bond acceptors (Lipinski definition) is 6. The minimum atomic E-state index is -0.231. The van der Waals surface area contributed by atoms with Gasteiger partial charge in [-0.2, -0.15) is 0 Å². The van der Waals surface area contributed by atoms with Gasteiger partial charge in [0.05, 0.1) is 17.2 Å². The van der Waals surface area contributed by atoms with Gasteiger partial charge in [0.1, 0.15) is 5.01 Å². The number of anilines is 1. The lowest BCUT2D eigenvalue weighted by molar-refractivity contribution is -0.116. The lowest BCUT2D eigenvalue weighted by atomic mass is 10.2. The summed E-state index contributed by atoms with van der Waals surface area (Å²) in [5.41, 5.74) is 1.44. The Morgan fingerprint density at radius 1 is 1.04 bits per heavy atom. The predicted molar refractivity (Wildman–Crippen MR) is 105 cm³/mol. The Morgan fingerprint density at radius 2 is 1.81 bits per heavy atom. The van der Waals surface area contributed by atoms with Gasteiger partial charge in [0.25, 0.3) is 5.56 Å². The van der Waals surface area contributed by atoms with E-state index in [1.165, 1.54) is 22.2 Å². The van der Waals surface area contributed by atoms with E-state index in [2.05, 4.69) is 20.5 Å². The fourth-order valence-corrected chi connectivity index (χ4v) is 3.41. The molecule has 0 bridgehead atoms. The normalized spacial score (nSPS) is 10.8. The van der Waals surface area contributed by atoms with E-state index in [9.17, 15) is 9.59 Å². The fourth-order valence-electron chi connectivity index (χ4n) is 2.64. The van der Waals surface area contributed by atoms with E-state index < -0.39 is 0 Å². The second-order valence-corrected chi connectivity index (χ2v) is 6.81. The molecule has 2 aromatic heterocycles. The van der Waals surface area contributed by atoms with Crippen LogP contribution in [-0.4, -0.2) is 25.7 Å². The summed E-state index contributed by atoms with van der Waals surface area (Å²) in [5.74, 6) is -0.231. The van der Waals surface area contributed by atoms with Gasteiger partial charge in [0, 0.05) is 18.5 Å². The molecule has 4 aromatic rings. The van der Waals surface area contributed by atoms with Crippen LogP contribution in [0.3, 0.4) is 0 Å². The maximum absolute atomic E-state index is 12.4. The first-order valence-electron chi connectivity index (χ1n) is 8.34. The molecule has 0 saturated heterocycles. The summed E-state index contributed by atoms with van der Waals surface area (Å²) < 4.78 is 1.44. The molecule has 0 fully saturated rings. The Labute approximate surface area is 158 Å². The lowest BCUT2D eigenvalue weighted by Crippen LogP contribution is -2.23. The first-order chi connectivity index (χ1) is 13.2. The molecule has 2 aromatic carbocycles. The zero-order valence-electron chi connectivity index (χ0n) is 14.2. The monoisotopic (exact) mass is 377 g/mol. The Morgan fingerprint density at radius 3 is 2.67 bits per heavy atom. The molecule has 1 N–H and O–H groups in total. The van der Waals surface area contributed by atoms with Gasteiger partial charge in [-0.05, 0) is 12.1 Å². The molecule has 0 atom stereocenters. The van der Waals surface area contributed by atoms with Gasteiger partial charge in [-0.15, -0.1) is 10.2 Å². The van der Waals surface area contributed by atoms with Gasteiger partial charge in [-0.25, -0.2) is 4.98 Å². The van der Waals surface area contributed by atoms with Crippen molar-refractivity contribution in [2.45, 2.75) is 13.0 Å². The Kier molecular flexibility index (Phi) is 4.71. The maximum Gasteiger partial charge on any atom is 0.261 e. The van der Waals surface area contributed by atoms with Gasteiger partial charge in [-0.3, -0.25) is 14.2 Å². The molecule has 7 nitrogen and oxygen atoms in total. The first kappa shape index (κ1) is 17.0. The van der Waals surface area contributed by atoms with E-state index in [4.69, 9.17) is 0 Å². The molecule has 8 heteroatoms. The van der Waals surface area contributed by atoms with Crippen molar-refractivity contribution in [3.8, 4) is 10.6 Å². The number of nitrogens with zero attached hydrogens (tertiary/aromatic N) is 4. The van der Waals surface area contributed by atoms with E-state index in [0.29, 0.717) is 16.0 Å². The van der Waals surface area contributed by atoms with E-state index in [-0.39, 0.29) is 24.4 Å². The molecule has 0 saturated carbocycles. The number of rotatable bonds is 5. The molecule has 2 heterocycles. The summed E-state index contributed by atoms with van der Waals surface area (Å²) in [4.78, 5) is 28.9. The van der Waals surface area contributed by atoms with Crippen molar-refractivity contribution in [3.05, 3.63) is 71.3 Å². The number of carbonyl (C=O) groups is 1. The quantitative estimate of drug-likeness (QED) is 0.577. The fraction of sp³-hybridized carbons (Fsp3) is 0.105. The van der Waals surface area contributed by atoms with Gasteiger partial charge in [-0.1, -0.05) is 53.8 Å². The van der Waals surface area contributed by atoms with Crippen LogP contribution in [0.5, 0.6) is 0 Å². The highest BCUT2D eigenvalue weighted by atomic mass is 32.1. The summed E-state index contributed by atoms with van der Waals surface area (Å²) >= 11 is 1.31. The minimum Gasteiger partial charge on any atom is -0.300 e. The molecule has 4 rings (SSSR count). The van der Waals surface area contributed by atoms with Crippen LogP contribution in [0.25, 0.3) is 21.5 Å². The zero-order valence-corrected chi connectivity index (χ0v) is 15.0. The number of carbonyl (C=O) groups excluding carboxylic acids is 1. The number of amides is 1. The van der Waals surface area contributed by atoms with Gasteiger partial charge >= 0.3 is 0 Å². The topological polar surface area (TPSA) is 89.8 Å². The molecule has 1 amide bonds. The number of nitrogens with one attached hydrogen (secondary N) is 1. The summed E-state index contributed by atoms with van der Waals surface area (Å²) in [6.45, 7) is 0.243. The highest BCUT2D eigenvalue weighted by molar-refractivity contribution is 7.18. The Hall–Kier alpha value is -3.39. The smallest absolute Gasteiger partial charge is 0.261 e. The predicted octanol–water partition coefficient (Wildman–Crippen LogP) is 2.94. The van der Waals surface area contributed by atoms with Gasteiger partial charge < -0.3 is 5.32 Å². The lowest BCUT2D eigenvalue weighted by Gasteiger charge is -2.06. The number of hydrogen-bond donors (Lipinski definition) is 1. The Bertz CT molecular complexity index is 1150. The van der Waals surface area contributed by atoms with Crippen LogP contribution in [0.2, 0.25) is 0 Å². The third-order valence-corrected chi connectivity index (χ3v) is 4.89. The maximum atomic E-state index is 12.4. The zero-order chi connectivity index (χ0) is 18.6. The third-order valence-electron chi connectivity index (χ3n) is 4.00. The second-order valence-electron chi connectivity index (χ2n) is 5.84. The number of aromatic nitrogens is 4. The van der Waals surface area contributed by atoms with Crippen LogP contribution in [0, 0.1) is 0 Å². The summed E-state index contributed by atoms with van der Waals surface area (Å²) in [5, 5.41) is 12.5. The van der Waals surface area contributed by atoms with Crippen molar-refractivity contribution in [2.75, 3.05) is 5.32 Å². The third kappa shape index (κ3) is 3.75. The van der Waals surface area contributed by atoms with E-state index in [0.717, 1.165) is 10.6 Å². The summed E-state index contributed by atoms with van der Waals surface area (Å²) in [7, 11) is 0. The van der Waals surface area contributed by atoms with E-state index in [1.807, 2.05) is 36.4 Å². The number of aryl methyl sites for hydroxylation is 1. The second kappa shape index (κ2) is 7.46. The van der Waals surface area contributed by atoms with Crippen LogP contribution >= 0.6 is 11.3 Å². The summed E-state index contributed by atoms with van der Waals surface area (Å²) in [6.07, 6.45) is 1.61. The number of benzene rings is 2. The highest BCUT2D eigenvalue weighted by Crippen LogP contribution is 2.25. The average molecular weight is 377 g/mol. The average Bonchev–Trinajstić information content (AvgIpc) is 3.17. The number of fused-ring (bicyclic) bond motifs is 1. The highest BCUT2D eigenvalue weighted by Gasteiger charge is 2.10. The molecule has 134 valence electrons. The molecule has 0 radical (unpaired) electrons. The van der Waals surface area contributed by atoms with Crippen LogP contribution in [0.15, 0.2) is 65.7 Å². The van der Waals surface area contributed by atoms with Gasteiger partial charge in [0.15, 0.2) is 0 Å². The van der Waals surface area contributed by atoms with Gasteiger partial charge in [0.2, 0.25) is 11.0 Å². The van der Waals surface area contributed by atoms with Crippen molar-refractivity contribution in [1.29, 1.82) is 0 Å². The van der Waals surface area contributed by atoms with Crippen LogP contribution in [0.1, 0.15) is 6.42 Å². The van der Waals surface area contributed by atoms with Crippen LogP contribution in [0.4, 0.5) is 5.13 Å². The van der Waals surface area contributed by atoms with Crippen molar-refractivity contribution in [1.82, 2.24) is 19.7 Å². The molecular weight excluding hydrogens is 362 g/mol. The Balaban J connectivity index is 1.41. The van der Waals surface area contributed by atoms with E-state index >= 15 is 0 Å². The number of para-hydroxylation sites is 1. The first-order valence-corrected chi connectivity index (χ1v) is 9.15. The molecule has 0 aliphatic rings. The molecule has 0 spiro atoms. The van der Waals surface area contributed by atoms with E-state index in [1.54, 1.807) is 18.2 Å². The molecule has 0 unspecified atom stereocenters. The molecule has 0 aliphatic carbocycles. The van der Waals surface area contributed by atoms with Crippen LogP contribution < -0.4 is 10.9 Å². The molecule has 0 aliphatic heterocycles. The SMILES string of the molecule is O=C(CCn1cnc2ccccc2c1=O)Nc1nnc(-c2ccccc2)s1. The largest absolute Gasteiger partial charge is 0.300 e. The van der Waals surface area contributed by atoms with Crippen molar-refractivity contribution >= 4 is 33.3 Å². The van der Waals surface area contributed by atoms with Crippen molar-refractivity contribution < 1.29 is 4.79 Å². The molecular formula is C19H15N5O2S. The molecule has 27 heavy (non-hydrogen) atoms. The van der Waals surface area contributed by atoms with Crippen molar-refractivity contribution in [2.24, 2.45) is 0 Å². The minimum absolute atomic E-state index is 0.139. The van der Waals surface area contributed by atoms with Crippen molar-refractivity contribution in [3.63, 3.8) is 0 Å². The van der Waals surface area contributed by atoms with Crippen LogP contribution in [-0.2, 0) is 11.3 Å².